The van der Waals surface area contributed by atoms with Crippen LogP contribution >= 0.6 is 0 Å². The standard InChI is InChI=1S/C21H25N5O2S/c1-3-5-16(2)7-8-20(27)26-13-4-6-18(15-26)25-29(28)24-14-17-9-11-22-21-19(17)10-12-23-21/h3,5,9-12,18,24-25H,2,4,6,13-15H2,1H3,(H,22,23)/b5-3-. The maximum atomic E-state index is 12.4. The summed E-state index contributed by atoms with van der Waals surface area (Å²) >= 11 is -1.42. The van der Waals surface area contributed by atoms with Gasteiger partial charge in [0.1, 0.15) is 5.65 Å². The molecular formula is C21H25N5O2S. The Hall–Kier alpha value is -2.73. The van der Waals surface area contributed by atoms with E-state index in [2.05, 4.69) is 37.8 Å². The van der Waals surface area contributed by atoms with Crippen LogP contribution < -0.4 is 9.44 Å². The summed E-state index contributed by atoms with van der Waals surface area (Å²) in [5, 5.41) is 1.00. The molecule has 0 saturated carbocycles. The molecular weight excluding hydrogens is 386 g/mol. The maximum absolute atomic E-state index is 12.4. The number of aromatic amines is 1. The van der Waals surface area contributed by atoms with Crippen LogP contribution in [0.2, 0.25) is 0 Å². The Balaban J connectivity index is 1.50. The minimum absolute atomic E-state index is 0.0497. The summed E-state index contributed by atoms with van der Waals surface area (Å²) in [5.74, 6) is 5.17. The van der Waals surface area contributed by atoms with Gasteiger partial charge in [0, 0.05) is 54.9 Å². The molecule has 1 aliphatic rings. The normalized spacial score (nSPS) is 17.8. The van der Waals surface area contributed by atoms with Crippen LogP contribution in [0, 0.1) is 11.8 Å². The minimum Gasteiger partial charge on any atom is -0.346 e. The number of carbonyl (C=O) groups excluding carboxylic acids is 1. The van der Waals surface area contributed by atoms with Gasteiger partial charge in [0.2, 0.25) is 0 Å². The first-order valence-electron chi connectivity index (χ1n) is 9.51. The van der Waals surface area contributed by atoms with Gasteiger partial charge in [0.05, 0.1) is 0 Å². The third-order valence-corrected chi connectivity index (χ3v) is 5.58. The van der Waals surface area contributed by atoms with Gasteiger partial charge in [-0.1, -0.05) is 24.7 Å². The highest BCUT2D eigenvalue weighted by Crippen LogP contribution is 2.15. The Bertz CT molecular complexity index is 1000. The molecule has 8 heteroatoms. The summed E-state index contributed by atoms with van der Waals surface area (Å²) in [6.45, 7) is 7.24. The van der Waals surface area contributed by atoms with Crippen LogP contribution in [-0.4, -0.2) is 44.1 Å². The molecule has 1 fully saturated rings. The summed E-state index contributed by atoms with van der Waals surface area (Å²) in [4.78, 5) is 21.3. The molecule has 2 atom stereocenters. The lowest BCUT2D eigenvalue weighted by atomic mass is 10.1. The third-order valence-electron chi connectivity index (χ3n) is 4.62. The monoisotopic (exact) mass is 411 g/mol. The number of aromatic nitrogens is 2. The van der Waals surface area contributed by atoms with Gasteiger partial charge in [-0.2, -0.15) is 0 Å². The zero-order valence-corrected chi connectivity index (χ0v) is 17.2. The molecule has 2 aromatic rings. The number of H-pyrrole nitrogens is 1. The lowest BCUT2D eigenvalue weighted by molar-refractivity contribution is -0.126. The van der Waals surface area contributed by atoms with Crippen LogP contribution in [0.5, 0.6) is 0 Å². The van der Waals surface area contributed by atoms with Gasteiger partial charge in [-0.05, 0) is 37.5 Å². The molecule has 1 aliphatic heterocycles. The largest absolute Gasteiger partial charge is 0.346 e. The number of rotatable bonds is 6. The topological polar surface area (TPSA) is 90.1 Å². The zero-order chi connectivity index (χ0) is 20.6. The summed E-state index contributed by atoms with van der Waals surface area (Å²) in [6, 6.07) is 3.81. The highest BCUT2D eigenvalue weighted by atomic mass is 32.2. The molecule has 0 aliphatic carbocycles. The number of likely N-dealkylation sites (tertiary alicyclic amines) is 1. The number of fused-ring (bicyclic) bond motifs is 1. The molecule has 1 saturated heterocycles. The van der Waals surface area contributed by atoms with E-state index in [1.807, 2.05) is 31.3 Å². The molecule has 0 aromatic carbocycles. The highest BCUT2D eigenvalue weighted by molar-refractivity contribution is 7.81. The molecule has 3 heterocycles. The van der Waals surface area contributed by atoms with Crippen molar-refractivity contribution < 1.29 is 9.00 Å². The van der Waals surface area contributed by atoms with Crippen molar-refractivity contribution in [3.05, 3.63) is 54.4 Å². The van der Waals surface area contributed by atoms with Gasteiger partial charge < -0.3 is 9.88 Å². The lowest BCUT2D eigenvalue weighted by Gasteiger charge is -2.31. The van der Waals surface area contributed by atoms with E-state index in [-0.39, 0.29) is 11.9 Å². The number of piperidine rings is 1. The van der Waals surface area contributed by atoms with Gasteiger partial charge >= 0.3 is 0 Å². The SMILES string of the molecule is C=C(C#CC(=O)N1CCCC(NS(=O)NCc2ccnc3[nH]ccc23)C1)/C=C\C. The predicted molar refractivity (Wildman–Crippen MR) is 116 cm³/mol. The second-order valence-electron chi connectivity index (χ2n) is 6.78. The Morgan fingerprint density at radius 3 is 3.17 bits per heavy atom. The number of amides is 1. The van der Waals surface area contributed by atoms with Gasteiger partial charge in [0.25, 0.3) is 5.91 Å². The van der Waals surface area contributed by atoms with Crippen LogP contribution in [0.25, 0.3) is 11.0 Å². The number of carbonyl (C=O) groups is 1. The predicted octanol–water partition coefficient (Wildman–Crippen LogP) is 1.95. The summed E-state index contributed by atoms with van der Waals surface area (Å²) in [6.07, 6.45) is 8.85. The number of nitrogens with zero attached hydrogens (tertiary/aromatic N) is 2. The average Bonchev–Trinajstić information content (AvgIpc) is 3.20. The summed E-state index contributed by atoms with van der Waals surface area (Å²) < 4.78 is 18.5. The number of pyridine rings is 1. The molecule has 152 valence electrons. The van der Waals surface area contributed by atoms with Crippen molar-refractivity contribution in [2.45, 2.75) is 32.4 Å². The average molecular weight is 412 g/mol. The molecule has 0 radical (unpaired) electrons. The van der Waals surface area contributed by atoms with E-state index in [1.165, 1.54) is 0 Å². The third kappa shape index (κ3) is 5.87. The lowest BCUT2D eigenvalue weighted by Crippen LogP contribution is -2.49. The van der Waals surface area contributed by atoms with E-state index >= 15 is 0 Å². The molecule has 2 unspecified atom stereocenters. The van der Waals surface area contributed by atoms with Gasteiger partial charge in [0.15, 0.2) is 11.2 Å². The van der Waals surface area contributed by atoms with E-state index in [4.69, 9.17) is 0 Å². The molecule has 29 heavy (non-hydrogen) atoms. The zero-order valence-electron chi connectivity index (χ0n) is 16.4. The fourth-order valence-corrected chi connectivity index (χ4v) is 4.09. The Kier molecular flexibility index (Phi) is 7.36. The Morgan fingerprint density at radius 1 is 1.48 bits per heavy atom. The molecule has 3 N–H and O–H groups in total. The first-order chi connectivity index (χ1) is 14.1. The fraction of sp³-hybridized carbons (Fsp3) is 0.333. The minimum atomic E-state index is -1.42. The maximum Gasteiger partial charge on any atom is 0.298 e. The van der Waals surface area contributed by atoms with Crippen LogP contribution in [0.1, 0.15) is 25.3 Å². The van der Waals surface area contributed by atoms with E-state index in [9.17, 15) is 9.00 Å². The van der Waals surface area contributed by atoms with Gasteiger partial charge in [-0.15, -0.1) is 0 Å². The smallest absolute Gasteiger partial charge is 0.298 e. The number of hydrogen-bond donors (Lipinski definition) is 3. The van der Waals surface area contributed by atoms with Crippen molar-refractivity contribution in [3.8, 4) is 11.8 Å². The molecule has 0 bridgehead atoms. The number of allylic oxidation sites excluding steroid dienone is 3. The van der Waals surface area contributed by atoms with E-state index < -0.39 is 11.2 Å². The summed E-state index contributed by atoms with van der Waals surface area (Å²) in [7, 11) is 0. The summed E-state index contributed by atoms with van der Waals surface area (Å²) in [5.41, 5.74) is 2.43. The van der Waals surface area contributed by atoms with E-state index in [0.717, 1.165) is 29.4 Å². The Morgan fingerprint density at radius 2 is 2.34 bits per heavy atom. The van der Waals surface area contributed by atoms with Crippen LogP contribution in [0.4, 0.5) is 0 Å². The molecule has 2 aromatic heterocycles. The van der Waals surface area contributed by atoms with Crippen molar-refractivity contribution in [3.63, 3.8) is 0 Å². The first-order valence-corrected chi connectivity index (χ1v) is 10.7. The van der Waals surface area contributed by atoms with Crippen molar-refractivity contribution in [1.29, 1.82) is 0 Å². The van der Waals surface area contributed by atoms with E-state index in [1.54, 1.807) is 17.2 Å². The quantitative estimate of drug-likeness (QED) is 0.501. The van der Waals surface area contributed by atoms with Crippen LogP contribution in [0.3, 0.4) is 0 Å². The first kappa shape index (κ1) is 21.0. The second-order valence-corrected chi connectivity index (χ2v) is 7.85. The van der Waals surface area contributed by atoms with Gasteiger partial charge in [-0.25, -0.2) is 18.6 Å². The molecule has 0 spiro atoms. The van der Waals surface area contributed by atoms with Crippen molar-refractivity contribution in [1.82, 2.24) is 24.3 Å². The molecule has 3 rings (SSSR count). The highest BCUT2D eigenvalue weighted by Gasteiger charge is 2.23. The van der Waals surface area contributed by atoms with E-state index in [0.29, 0.717) is 25.2 Å². The van der Waals surface area contributed by atoms with Crippen molar-refractivity contribution in [2.75, 3.05) is 13.1 Å². The number of hydrogen-bond acceptors (Lipinski definition) is 3. The fourth-order valence-electron chi connectivity index (χ4n) is 3.22. The molecule has 1 amide bonds. The van der Waals surface area contributed by atoms with Crippen molar-refractivity contribution in [2.24, 2.45) is 0 Å². The molecule has 7 nitrogen and oxygen atoms in total. The Labute approximate surface area is 173 Å². The van der Waals surface area contributed by atoms with Crippen LogP contribution in [0.15, 0.2) is 48.8 Å². The van der Waals surface area contributed by atoms with Crippen LogP contribution in [-0.2, 0) is 22.5 Å². The second kappa shape index (κ2) is 10.2. The van der Waals surface area contributed by atoms with Gasteiger partial charge in [-0.3, -0.25) is 4.79 Å². The number of nitrogens with one attached hydrogen (secondary N) is 3. The van der Waals surface area contributed by atoms with Crippen molar-refractivity contribution >= 4 is 28.1 Å².